The second-order valence-corrected chi connectivity index (χ2v) is 10.0. The fraction of sp³-hybridized carbons (Fsp3) is 0.435. The number of ether oxygens (including phenoxy) is 1. The van der Waals surface area contributed by atoms with E-state index in [4.69, 9.17) is 22.1 Å². The van der Waals surface area contributed by atoms with Crippen LogP contribution < -0.4 is 16.4 Å². The van der Waals surface area contributed by atoms with Crippen LogP contribution in [0.5, 0.6) is 0 Å². The number of thiophene rings is 1. The van der Waals surface area contributed by atoms with E-state index >= 15 is 0 Å². The van der Waals surface area contributed by atoms with Crippen molar-refractivity contribution in [3.05, 3.63) is 51.2 Å². The number of para-hydroxylation sites is 1. The average Bonchev–Trinajstić information content (AvgIpc) is 3.25. The highest BCUT2D eigenvalue weighted by Gasteiger charge is 2.37. The zero-order valence-electron chi connectivity index (χ0n) is 18.1. The lowest BCUT2D eigenvalue weighted by atomic mass is 9.81. The molecular weight excluding hydrogens is 464 g/mol. The summed E-state index contributed by atoms with van der Waals surface area (Å²) in [5, 5.41) is 5.88. The number of halogens is 1. The molecule has 2 heterocycles. The molecule has 3 amide bonds. The molecular formula is C23H27ClN4O4S. The van der Waals surface area contributed by atoms with E-state index in [-0.39, 0.29) is 48.9 Å². The van der Waals surface area contributed by atoms with Crippen molar-refractivity contribution < 1.29 is 19.1 Å². The van der Waals surface area contributed by atoms with Crippen molar-refractivity contribution in [2.45, 2.75) is 37.9 Å². The zero-order chi connectivity index (χ0) is 23.4. The second-order valence-electron chi connectivity index (χ2n) is 8.31. The Morgan fingerprint density at radius 3 is 2.76 bits per heavy atom. The Hall–Kier alpha value is -2.46. The molecule has 1 aliphatic carbocycles. The molecule has 0 bridgehead atoms. The quantitative estimate of drug-likeness (QED) is 0.576. The van der Waals surface area contributed by atoms with Crippen LogP contribution in [0, 0.1) is 5.92 Å². The summed E-state index contributed by atoms with van der Waals surface area (Å²) >= 11 is 7.12. The lowest BCUT2D eigenvalue weighted by Gasteiger charge is -2.42. The third-order valence-corrected chi connectivity index (χ3v) is 7.40. The van der Waals surface area contributed by atoms with Crippen molar-refractivity contribution in [2.24, 2.45) is 11.7 Å². The Morgan fingerprint density at radius 1 is 1.21 bits per heavy atom. The molecule has 1 aliphatic heterocycles. The van der Waals surface area contributed by atoms with E-state index in [9.17, 15) is 14.4 Å². The smallest absolute Gasteiger partial charge is 0.261 e. The molecule has 176 valence electrons. The normalized spacial score (nSPS) is 23.3. The Kier molecular flexibility index (Phi) is 7.64. The molecule has 1 saturated carbocycles. The first kappa shape index (κ1) is 23.7. The van der Waals surface area contributed by atoms with E-state index in [0.29, 0.717) is 47.3 Å². The van der Waals surface area contributed by atoms with E-state index in [0.717, 1.165) is 5.56 Å². The van der Waals surface area contributed by atoms with Crippen LogP contribution in [0.15, 0.2) is 36.4 Å². The maximum atomic E-state index is 13.0. The van der Waals surface area contributed by atoms with Gasteiger partial charge in [0.1, 0.15) is 6.61 Å². The number of hydrogen-bond acceptors (Lipinski definition) is 6. The number of carbonyl (C=O) groups is 3. The number of amides is 3. The van der Waals surface area contributed by atoms with Gasteiger partial charge < -0.3 is 26.0 Å². The Bertz CT molecular complexity index is 1030. The summed E-state index contributed by atoms with van der Waals surface area (Å²) in [5.41, 5.74) is 7.85. The fourth-order valence-corrected chi connectivity index (χ4v) is 5.38. The van der Waals surface area contributed by atoms with Crippen molar-refractivity contribution in [1.29, 1.82) is 0 Å². The molecule has 2 aliphatic rings. The van der Waals surface area contributed by atoms with Crippen LogP contribution in [0.4, 0.5) is 5.69 Å². The Morgan fingerprint density at radius 2 is 2.03 bits per heavy atom. The summed E-state index contributed by atoms with van der Waals surface area (Å²) in [6.45, 7) is 1.44. The number of nitrogens with one attached hydrogen (secondary N) is 2. The SMILES string of the molecule is N[C@@H]1C[C@@H](C(=O)Nc2ccccc2CNC(=O)c2ccc(Cl)s2)CC[C@@H]1N1CCOCC1=O. The van der Waals surface area contributed by atoms with E-state index < -0.39 is 0 Å². The van der Waals surface area contributed by atoms with Crippen LogP contribution in [-0.2, 0) is 20.9 Å². The maximum Gasteiger partial charge on any atom is 0.261 e. The maximum absolute atomic E-state index is 13.0. The van der Waals surface area contributed by atoms with Crippen LogP contribution in [0.25, 0.3) is 0 Å². The molecule has 8 nitrogen and oxygen atoms in total. The van der Waals surface area contributed by atoms with E-state index in [1.54, 1.807) is 17.0 Å². The third kappa shape index (κ3) is 5.73. The molecule has 2 fully saturated rings. The summed E-state index contributed by atoms with van der Waals surface area (Å²) in [6, 6.07) is 10.4. The number of benzene rings is 1. The molecule has 2 aromatic rings. The predicted octanol–water partition coefficient (Wildman–Crippen LogP) is 2.62. The molecule has 33 heavy (non-hydrogen) atoms. The lowest BCUT2D eigenvalue weighted by molar-refractivity contribution is -0.147. The van der Waals surface area contributed by atoms with Gasteiger partial charge >= 0.3 is 0 Å². The minimum atomic E-state index is -0.260. The molecule has 4 rings (SSSR count). The van der Waals surface area contributed by atoms with Crippen LogP contribution >= 0.6 is 22.9 Å². The van der Waals surface area contributed by atoms with Crippen molar-refractivity contribution in [2.75, 3.05) is 25.1 Å². The van der Waals surface area contributed by atoms with E-state index in [2.05, 4.69) is 10.6 Å². The molecule has 3 atom stereocenters. The van der Waals surface area contributed by atoms with Gasteiger partial charge in [0.05, 0.1) is 15.8 Å². The first-order valence-electron chi connectivity index (χ1n) is 11.0. The molecule has 10 heteroatoms. The van der Waals surface area contributed by atoms with Crippen LogP contribution in [-0.4, -0.2) is 54.5 Å². The van der Waals surface area contributed by atoms with Crippen molar-refractivity contribution in [1.82, 2.24) is 10.2 Å². The molecule has 0 radical (unpaired) electrons. The van der Waals surface area contributed by atoms with Gasteiger partial charge in [-0.25, -0.2) is 0 Å². The topological polar surface area (TPSA) is 114 Å². The molecule has 0 unspecified atom stereocenters. The first-order chi connectivity index (χ1) is 15.9. The van der Waals surface area contributed by atoms with Crippen LogP contribution in [0.2, 0.25) is 4.34 Å². The monoisotopic (exact) mass is 490 g/mol. The van der Waals surface area contributed by atoms with Crippen molar-refractivity contribution >= 4 is 46.3 Å². The van der Waals surface area contributed by atoms with E-state index in [1.807, 2.05) is 24.3 Å². The van der Waals surface area contributed by atoms with Gasteiger partial charge in [-0.15, -0.1) is 11.3 Å². The zero-order valence-corrected chi connectivity index (χ0v) is 19.7. The largest absolute Gasteiger partial charge is 0.370 e. The summed E-state index contributed by atoms with van der Waals surface area (Å²) < 4.78 is 5.76. The average molecular weight is 491 g/mol. The van der Waals surface area contributed by atoms with Gasteiger partial charge in [0.2, 0.25) is 11.8 Å². The Balaban J connectivity index is 1.34. The minimum Gasteiger partial charge on any atom is -0.370 e. The number of carbonyl (C=O) groups excluding carboxylic acids is 3. The molecule has 1 aromatic carbocycles. The van der Waals surface area contributed by atoms with E-state index in [1.165, 1.54) is 11.3 Å². The van der Waals surface area contributed by atoms with Crippen molar-refractivity contribution in [3.8, 4) is 0 Å². The number of anilines is 1. The second kappa shape index (κ2) is 10.6. The molecule has 1 saturated heterocycles. The number of rotatable bonds is 6. The summed E-state index contributed by atoms with van der Waals surface area (Å²) in [7, 11) is 0. The summed E-state index contributed by atoms with van der Waals surface area (Å²) in [5.74, 6) is -0.579. The highest BCUT2D eigenvalue weighted by Crippen LogP contribution is 2.29. The van der Waals surface area contributed by atoms with Gasteiger partial charge in [0.25, 0.3) is 5.91 Å². The third-order valence-electron chi connectivity index (χ3n) is 6.17. The number of morpholine rings is 1. The molecule has 0 spiro atoms. The number of nitrogens with zero attached hydrogens (tertiary/aromatic N) is 1. The van der Waals surface area contributed by atoms with Gasteiger partial charge in [0.15, 0.2) is 0 Å². The number of hydrogen-bond donors (Lipinski definition) is 3. The molecule has 1 aromatic heterocycles. The number of nitrogens with two attached hydrogens (primary N) is 1. The highest BCUT2D eigenvalue weighted by atomic mass is 35.5. The van der Waals surface area contributed by atoms with Gasteiger partial charge in [-0.1, -0.05) is 29.8 Å². The van der Waals surface area contributed by atoms with Gasteiger partial charge in [0, 0.05) is 36.8 Å². The Labute approximate surface area is 201 Å². The van der Waals surface area contributed by atoms with Crippen molar-refractivity contribution in [3.63, 3.8) is 0 Å². The fourth-order valence-electron chi connectivity index (χ4n) is 4.43. The predicted molar refractivity (Wildman–Crippen MR) is 127 cm³/mol. The van der Waals surface area contributed by atoms with Crippen LogP contribution in [0.1, 0.15) is 34.5 Å². The minimum absolute atomic E-state index is 0.0367. The highest BCUT2D eigenvalue weighted by molar-refractivity contribution is 7.17. The van der Waals surface area contributed by atoms with Gasteiger partial charge in [-0.3, -0.25) is 14.4 Å². The standard InChI is InChI=1S/C23H27ClN4O4S/c24-20-8-7-19(33-20)23(31)26-12-15-3-1-2-4-17(15)27-22(30)14-5-6-18(16(25)11-14)28-9-10-32-13-21(28)29/h1-4,7-8,14,16,18H,5-6,9-13,25H2,(H,26,31)(H,27,30)/t14-,16+,18-/m0/s1. The van der Waals surface area contributed by atoms with Gasteiger partial charge in [-0.05, 0) is 43.0 Å². The lowest BCUT2D eigenvalue weighted by Crippen LogP contribution is -2.57. The van der Waals surface area contributed by atoms with Crippen LogP contribution in [0.3, 0.4) is 0 Å². The summed E-state index contributed by atoms with van der Waals surface area (Å²) in [4.78, 5) is 39.8. The first-order valence-corrected chi connectivity index (χ1v) is 12.2. The summed E-state index contributed by atoms with van der Waals surface area (Å²) in [6.07, 6.45) is 1.86. The van der Waals surface area contributed by atoms with Gasteiger partial charge in [-0.2, -0.15) is 0 Å². The molecule has 4 N–H and O–H groups in total.